The number of nitrogens with one attached hydrogen (secondary N) is 1. The second-order valence-electron chi connectivity index (χ2n) is 7.40. The van der Waals surface area contributed by atoms with Crippen LogP contribution in [0.15, 0.2) is 47.2 Å². The number of aromatic nitrogens is 3. The lowest BCUT2D eigenvalue weighted by molar-refractivity contribution is 0.0931. The van der Waals surface area contributed by atoms with Crippen LogP contribution in [0.25, 0.3) is 0 Å². The first kappa shape index (κ1) is 19.9. The van der Waals surface area contributed by atoms with E-state index in [9.17, 15) is 4.79 Å². The number of carbonyl (C=O) groups excluding carboxylic acids is 1. The third-order valence-electron chi connectivity index (χ3n) is 5.35. The highest BCUT2D eigenvalue weighted by Gasteiger charge is 2.22. The Hall–Kier alpha value is -3.42. The summed E-state index contributed by atoms with van der Waals surface area (Å²) >= 11 is 0. The summed E-state index contributed by atoms with van der Waals surface area (Å²) in [5, 5.41) is 7.05. The van der Waals surface area contributed by atoms with Crippen LogP contribution >= 0.6 is 0 Å². The Labute approximate surface area is 175 Å². The molecule has 1 fully saturated rings. The third-order valence-corrected chi connectivity index (χ3v) is 5.35. The maximum Gasteiger partial charge on any atom is 0.251 e. The predicted molar refractivity (Wildman–Crippen MR) is 111 cm³/mol. The molecule has 1 aliphatic rings. The van der Waals surface area contributed by atoms with Crippen molar-refractivity contribution in [2.75, 3.05) is 18.0 Å². The van der Waals surface area contributed by atoms with Gasteiger partial charge in [-0.25, -0.2) is 9.97 Å². The fourth-order valence-electron chi connectivity index (χ4n) is 3.51. The van der Waals surface area contributed by atoms with Crippen molar-refractivity contribution in [2.24, 2.45) is 0 Å². The third kappa shape index (κ3) is 4.59. The highest BCUT2D eigenvalue weighted by Crippen LogP contribution is 2.19. The van der Waals surface area contributed by atoms with Crippen molar-refractivity contribution < 1.29 is 14.1 Å². The van der Waals surface area contributed by atoms with E-state index in [-0.39, 0.29) is 11.9 Å². The Bertz CT molecular complexity index is 960. The van der Waals surface area contributed by atoms with E-state index < -0.39 is 0 Å². The maximum atomic E-state index is 12.6. The van der Waals surface area contributed by atoms with Gasteiger partial charge in [0.25, 0.3) is 5.91 Å². The summed E-state index contributed by atoms with van der Waals surface area (Å²) < 4.78 is 10.9. The molecule has 0 bridgehead atoms. The molecule has 0 saturated carbocycles. The summed E-state index contributed by atoms with van der Waals surface area (Å²) in [7, 11) is 0. The Morgan fingerprint density at radius 1 is 1.17 bits per heavy atom. The zero-order chi connectivity index (χ0) is 20.9. The molecule has 4 rings (SSSR count). The number of piperidine rings is 1. The molecule has 0 unspecified atom stereocenters. The number of benzene rings is 1. The largest absolute Gasteiger partial charge is 0.489 e. The van der Waals surface area contributed by atoms with E-state index in [0.717, 1.165) is 48.9 Å². The molecule has 0 atom stereocenters. The van der Waals surface area contributed by atoms with Crippen LogP contribution in [-0.4, -0.2) is 40.2 Å². The summed E-state index contributed by atoms with van der Waals surface area (Å²) in [6.07, 6.45) is 5.22. The molecule has 8 nitrogen and oxygen atoms in total. The summed E-state index contributed by atoms with van der Waals surface area (Å²) in [4.78, 5) is 23.3. The predicted octanol–water partition coefficient (Wildman–Crippen LogP) is 3.06. The molecular weight excluding hydrogens is 382 g/mol. The molecule has 1 saturated heterocycles. The van der Waals surface area contributed by atoms with Gasteiger partial charge in [0, 0.05) is 37.1 Å². The first-order valence-electron chi connectivity index (χ1n) is 10.1. The molecule has 1 aromatic carbocycles. The van der Waals surface area contributed by atoms with Gasteiger partial charge in [-0.1, -0.05) is 5.16 Å². The van der Waals surface area contributed by atoms with Crippen LogP contribution in [-0.2, 0) is 6.61 Å². The minimum Gasteiger partial charge on any atom is -0.489 e. The van der Waals surface area contributed by atoms with Crippen molar-refractivity contribution in [3.63, 3.8) is 0 Å². The lowest BCUT2D eigenvalue weighted by atomic mass is 10.0. The van der Waals surface area contributed by atoms with Gasteiger partial charge < -0.3 is 19.5 Å². The SMILES string of the molecule is Cc1noc(C)c1COc1ccc(C(=O)NC2CCN(c3ncccn3)CC2)cc1. The fraction of sp³-hybridized carbons (Fsp3) is 0.364. The van der Waals surface area contributed by atoms with E-state index in [4.69, 9.17) is 9.26 Å². The number of ether oxygens (including phenoxy) is 1. The van der Waals surface area contributed by atoms with E-state index in [1.807, 2.05) is 32.0 Å². The highest BCUT2D eigenvalue weighted by atomic mass is 16.5. The summed E-state index contributed by atoms with van der Waals surface area (Å²) in [5.74, 6) is 2.13. The van der Waals surface area contributed by atoms with Gasteiger partial charge in [-0.2, -0.15) is 0 Å². The van der Waals surface area contributed by atoms with E-state index in [2.05, 4.69) is 25.3 Å². The molecule has 0 radical (unpaired) electrons. The van der Waals surface area contributed by atoms with Crippen LogP contribution in [0.5, 0.6) is 5.75 Å². The molecule has 30 heavy (non-hydrogen) atoms. The topological polar surface area (TPSA) is 93.4 Å². The van der Waals surface area contributed by atoms with E-state index in [0.29, 0.717) is 17.9 Å². The number of amides is 1. The van der Waals surface area contributed by atoms with Gasteiger partial charge >= 0.3 is 0 Å². The van der Waals surface area contributed by atoms with Crippen LogP contribution in [0.2, 0.25) is 0 Å². The monoisotopic (exact) mass is 407 g/mol. The number of aryl methyl sites for hydroxylation is 2. The van der Waals surface area contributed by atoms with Gasteiger partial charge in [0.15, 0.2) is 0 Å². The van der Waals surface area contributed by atoms with E-state index in [1.165, 1.54) is 0 Å². The Kier molecular flexibility index (Phi) is 5.92. The van der Waals surface area contributed by atoms with Crippen LogP contribution < -0.4 is 15.0 Å². The normalized spacial score (nSPS) is 14.5. The van der Waals surface area contributed by atoms with Crippen molar-refractivity contribution in [1.29, 1.82) is 0 Å². The van der Waals surface area contributed by atoms with Crippen molar-refractivity contribution in [3.8, 4) is 5.75 Å². The minimum absolute atomic E-state index is 0.0679. The van der Waals surface area contributed by atoms with E-state index in [1.54, 1.807) is 24.5 Å². The van der Waals surface area contributed by atoms with Gasteiger partial charge in [0.05, 0.1) is 11.3 Å². The van der Waals surface area contributed by atoms with Gasteiger partial charge in [-0.3, -0.25) is 4.79 Å². The Balaban J connectivity index is 1.27. The van der Waals surface area contributed by atoms with Gasteiger partial charge in [-0.15, -0.1) is 0 Å². The first-order valence-corrected chi connectivity index (χ1v) is 10.1. The van der Waals surface area contributed by atoms with Gasteiger partial charge in [-0.05, 0) is 57.0 Å². The van der Waals surface area contributed by atoms with Crippen molar-refractivity contribution >= 4 is 11.9 Å². The zero-order valence-electron chi connectivity index (χ0n) is 17.2. The summed E-state index contributed by atoms with van der Waals surface area (Å²) in [6.45, 7) is 5.78. The number of hydrogen-bond acceptors (Lipinski definition) is 7. The van der Waals surface area contributed by atoms with Crippen LogP contribution in [0.3, 0.4) is 0 Å². The number of nitrogens with zero attached hydrogens (tertiary/aromatic N) is 4. The summed E-state index contributed by atoms with van der Waals surface area (Å²) in [5.41, 5.74) is 2.39. The average Bonchev–Trinajstić information content (AvgIpc) is 3.11. The smallest absolute Gasteiger partial charge is 0.251 e. The Morgan fingerprint density at radius 3 is 2.50 bits per heavy atom. The van der Waals surface area contributed by atoms with Crippen molar-refractivity contribution in [3.05, 3.63) is 65.3 Å². The van der Waals surface area contributed by atoms with Crippen LogP contribution in [0, 0.1) is 13.8 Å². The molecule has 8 heteroatoms. The molecule has 2 aromatic heterocycles. The average molecular weight is 407 g/mol. The van der Waals surface area contributed by atoms with Gasteiger partial charge in [0.2, 0.25) is 5.95 Å². The highest BCUT2D eigenvalue weighted by molar-refractivity contribution is 5.94. The number of carbonyl (C=O) groups is 1. The quantitative estimate of drug-likeness (QED) is 0.671. The molecule has 0 spiro atoms. The summed E-state index contributed by atoms with van der Waals surface area (Å²) in [6, 6.07) is 9.14. The first-order chi connectivity index (χ1) is 14.6. The molecule has 1 N–H and O–H groups in total. The fourth-order valence-corrected chi connectivity index (χ4v) is 3.51. The number of anilines is 1. The molecule has 3 heterocycles. The molecule has 156 valence electrons. The Morgan fingerprint density at radius 2 is 1.87 bits per heavy atom. The number of hydrogen-bond donors (Lipinski definition) is 1. The second-order valence-corrected chi connectivity index (χ2v) is 7.40. The molecule has 3 aromatic rings. The zero-order valence-corrected chi connectivity index (χ0v) is 17.2. The molecular formula is C22H25N5O3. The number of rotatable bonds is 6. The maximum absolute atomic E-state index is 12.6. The molecule has 1 aliphatic heterocycles. The lowest BCUT2D eigenvalue weighted by Gasteiger charge is -2.32. The van der Waals surface area contributed by atoms with Crippen LogP contribution in [0.1, 0.15) is 40.2 Å². The van der Waals surface area contributed by atoms with E-state index >= 15 is 0 Å². The second kappa shape index (κ2) is 8.94. The standard InChI is InChI=1S/C22H25N5O3/c1-15-20(16(2)30-26-15)14-29-19-6-4-17(5-7-19)21(28)25-18-8-12-27(13-9-18)22-23-10-3-11-24-22/h3-7,10-11,18H,8-9,12-14H2,1-2H3,(H,25,28). The molecule has 0 aliphatic carbocycles. The lowest BCUT2D eigenvalue weighted by Crippen LogP contribution is -2.45. The minimum atomic E-state index is -0.0679. The van der Waals surface area contributed by atoms with Gasteiger partial charge in [0.1, 0.15) is 18.1 Å². The van der Waals surface area contributed by atoms with Crippen molar-refractivity contribution in [1.82, 2.24) is 20.4 Å². The van der Waals surface area contributed by atoms with Crippen LogP contribution in [0.4, 0.5) is 5.95 Å². The van der Waals surface area contributed by atoms with Crippen molar-refractivity contribution in [2.45, 2.75) is 39.3 Å². The molecule has 1 amide bonds.